The number of alkyl halides is 5. The van der Waals surface area contributed by atoms with Crippen LogP contribution in [0.4, 0.5) is 13.2 Å². The minimum atomic E-state index is -4.45. The van der Waals surface area contributed by atoms with Crippen molar-refractivity contribution in [3.63, 3.8) is 0 Å². The van der Waals surface area contributed by atoms with Crippen LogP contribution < -0.4 is 0 Å². The fraction of sp³-hybridized carbons (Fsp3) is 0.360. The van der Waals surface area contributed by atoms with Gasteiger partial charge in [0.25, 0.3) is 5.91 Å². The number of carbonyl (C=O) groups is 2. The van der Waals surface area contributed by atoms with Crippen LogP contribution in [0.3, 0.4) is 0 Å². The summed E-state index contributed by atoms with van der Waals surface area (Å²) in [5.41, 5.74) is 1.71. The van der Waals surface area contributed by atoms with Crippen molar-refractivity contribution in [2.24, 2.45) is 0 Å². The van der Waals surface area contributed by atoms with Gasteiger partial charge in [-0.1, -0.05) is 53.5 Å². The van der Waals surface area contributed by atoms with E-state index in [1.165, 1.54) is 29.0 Å². The predicted molar refractivity (Wildman–Crippen MR) is 133 cm³/mol. The third-order valence-electron chi connectivity index (χ3n) is 5.72. The lowest BCUT2D eigenvalue weighted by Crippen LogP contribution is -2.46. The van der Waals surface area contributed by atoms with Gasteiger partial charge in [-0.2, -0.15) is 13.2 Å². The first-order chi connectivity index (χ1) is 17.1. The Morgan fingerprint density at radius 3 is 2.36 bits per heavy atom. The number of aromatic nitrogens is 1. The molecule has 3 aromatic rings. The fourth-order valence-corrected chi connectivity index (χ4v) is 4.05. The first-order valence-electron chi connectivity index (χ1n) is 11.1. The molecule has 3 rings (SSSR count). The number of aromatic amines is 1. The normalized spacial score (nSPS) is 11.8. The van der Waals surface area contributed by atoms with Gasteiger partial charge in [0.15, 0.2) is 4.84 Å². The molecule has 0 aliphatic carbocycles. The molecule has 2 aromatic carbocycles. The van der Waals surface area contributed by atoms with Crippen molar-refractivity contribution in [1.29, 1.82) is 0 Å². The number of amides is 2. The zero-order chi connectivity index (χ0) is 26.3. The van der Waals surface area contributed by atoms with Gasteiger partial charge in [-0.15, -0.1) is 0 Å². The van der Waals surface area contributed by atoms with Crippen molar-refractivity contribution in [3.05, 3.63) is 71.4 Å². The number of hydrogen-bond donors (Lipinski definition) is 1. The van der Waals surface area contributed by atoms with E-state index in [4.69, 9.17) is 27.9 Å². The Bertz CT molecular complexity index is 1170. The van der Waals surface area contributed by atoms with Crippen LogP contribution in [-0.2, 0) is 33.5 Å². The smallest absolute Gasteiger partial charge is 0.383 e. The highest BCUT2D eigenvalue weighted by Gasteiger charge is 2.30. The second-order valence-corrected chi connectivity index (χ2v) is 9.27. The van der Waals surface area contributed by atoms with Gasteiger partial charge in [-0.05, 0) is 35.7 Å². The number of benzene rings is 2. The van der Waals surface area contributed by atoms with Crippen LogP contribution in [0, 0.1) is 0 Å². The Balaban J connectivity index is 1.81. The van der Waals surface area contributed by atoms with Crippen LogP contribution in [0.25, 0.3) is 10.9 Å². The summed E-state index contributed by atoms with van der Waals surface area (Å²) in [6.45, 7) is 0.323. The molecule has 194 valence electrons. The molecule has 11 heteroatoms. The molecule has 0 atom stereocenters. The molecular formula is C25H26Cl2F3N3O3. The van der Waals surface area contributed by atoms with E-state index >= 15 is 0 Å². The molecule has 36 heavy (non-hydrogen) atoms. The van der Waals surface area contributed by atoms with E-state index in [0.717, 1.165) is 28.6 Å². The Morgan fingerprint density at radius 1 is 1.03 bits per heavy atom. The Labute approximate surface area is 216 Å². The third-order valence-corrected chi connectivity index (χ3v) is 6.10. The lowest BCUT2D eigenvalue weighted by molar-refractivity contribution is -0.140. The highest BCUT2D eigenvalue weighted by atomic mass is 35.5. The van der Waals surface area contributed by atoms with Gasteiger partial charge in [0.05, 0.1) is 18.7 Å². The van der Waals surface area contributed by atoms with E-state index in [1.54, 1.807) is 0 Å². The summed E-state index contributed by atoms with van der Waals surface area (Å²) in [7, 11) is 1.46. The summed E-state index contributed by atoms with van der Waals surface area (Å²) >= 11 is 11.5. The number of hydrogen-bond acceptors (Lipinski definition) is 3. The Morgan fingerprint density at radius 2 is 1.72 bits per heavy atom. The summed E-state index contributed by atoms with van der Waals surface area (Å²) in [6, 6.07) is 12.4. The maximum atomic E-state index is 13.3. The molecule has 0 saturated carbocycles. The van der Waals surface area contributed by atoms with Crippen LogP contribution >= 0.6 is 23.2 Å². The second-order valence-electron chi connectivity index (χ2n) is 8.17. The Hall–Kier alpha value is -2.75. The number of halogens is 5. The molecule has 0 spiro atoms. The van der Waals surface area contributed by atoms with Gasteiger partial charge in [-0.3, -0.25) is 9.59 Å². The highest BCUT2D eigenvalue weighted by Crippen LogP contribution is 2.29. The summed E-state index contributed by atoms with van der Waals surface area (Å²) in [4.78, 5) is 30.3. The van der Waals surface area contributed by atoms with E-state index in [0.29, 0.717) is 12.0 Å². The van der Waals surface area contributed by atoms with Crippen LogP contribution in [0.2, 0.25) is 0 Å². The van der Waals surface area contributed by atoms with E-state index in [1.807, 2.05) is 30.5 Å². The molecule has 0 unspecified atom stereocenters. The number of nitrogens with zero attached hydrogens (tertiary/aromatic N) is 2. The predicted octanol–water partition coefficient (Wildman–Crippen LogP) is 5.04. The zero-order valence-electron chi connectivity index (χ0n) is 19.5. The molecule has 0 radical (unpaired) electrons. The average molecular weight is 544 g/mol. The standard InChI is InChI=1S/C25H26Cl2F3N3O3/c1-36-13-12-33(24(35)23(26)27)16-22(34)32(15-17-6-8-19(9-7-17)25(28,29)30)11-10-18-14-31-21-5-3-2-4-20(18)21/h2-9,14,23,31H,10-13,15-16H2,1H3. The van der Waals surface area contributed by atoms with Gasteiger partial charge >= 0.3 is 6.18 Å². The average Bonchev–Trinajstić information content (AvgIpc) is 3.26. The van der Waals surface area contributed by atoms with Gasteiger partial charge in [0, 0.05) is 43.8 Å². The topological polar surface area (TPSA) is 65.6 Å². The number of para-hydroxylation sites is 1. The van der Waals surface area contributed by atoms with E-state index in [2.05, 4.69) is 4.98 Å². The van der Waals surface area contributed by atoms with Crippen molar-refractivity contribution in [1.82, 2.24) is 14.8 Å². The highest BCUT2D eigenvalue weighted by molar-refractivity contribution is 6.53. The first kappa shape index (κ1) is 27.8. The number of H-pyrrole nitrogens is 1. The third kappa shape index (κ3) is 7.38. The quantitative estimate of drug-likeness (QED) is 0.345. The minimum Gasteiger partial charge on any atom is -0.383 e. The second kappa shape index (κ2) is 12.5. The van der Waals surface area contributed by atoms with Crippen molar-refractivity contribution in [2.45, 2.75) is 24.0 Å². The molecular weight excluding hydrogens is 518 g/mol. The van der Waals surface area contributed by atoms with Crippen LogP contribution in [-0.4, -0.2) is 64.8 Å². The maximum Gasteiger partial charge on any atom is 0.416 e. The molecule has 1 aromatic heterocycles. The van der Waals surface area contributed by atoms with Gasteiger partial charge in [0.2, 0.25) is 5.91 Å². The molecule has 1 N–H and O–H groups in total. The van der Waals surface area contributed by atoms with Gasteiger partial charge in [0.1, 0.15) is 0 Å². The molecule has 2 amide bonds. The summed E-state index contributed by atoms with van der Waals surface area (Å²) in [5, 5.41) is 1.02. The van der Waals surface area contributed by atoms with Crippen molar-refractivity contribution < 1.29 is 27.5 Å². The number of methoxy groups -OCH3 is 1. The molecule has 0 aliphatic heterocycles. The molecule has 0 bridgehead atoms. The maximum absolute atomic E-state index is 13.3. The Kier molecular flexibility index (Phi) is 9.64. The largest absolute Gasteiger partial charge is 0.416 e. The number of nitrogens with one attached hydrogen (secondary N) is 1. The van der Waals surface area contributed by atoms with E-state index in [9.17, 15) is 22.8 Å². The fourth-order valence-electron chi connectivity index (χ4n) is 3.78. The lowest BCUT2D eigenvalue weighted by atomic mass is 10.1. The SMILES string of the molecule is COCCN(CC(=O)N(CCc1c[nH]c2ccccc12)Cc1ccc(C(F)(F)F)cc1)C(=O)C(Cl)Cl. The van der Waals surface area contributed by atoms with Crippen molar-refractivity contribution >= 4 is 45.9 Å². The zero-order valence-corrected chi connectivity index (χ0v) is 21.0. The monoisotopic (exact) mass is 543 g/mol. The first-order valence-corrected chi connectivity index (χ1v) is 12.0. The molecule has 0 saturated heterocycles. The number of carbonyl (C=O) groups excluding carboxylic acids is 2. The molecule has 0 fully saturated rings. The number of fused-ring (bicyclic) bond motifs is 1. The molecule has 0 aliphatic rings. The van der Waals surface area contributed by atoms with Crippen molar-refractivity contribution in [2.75, 3.05) is 33.4 Å². The van der Waals surface area contributed by atoms with Gasteiger partial charge in [-0.25, -0.2) is 0 Å². The lowest BCUT2D eigenvalue weighted by Gasteiger charge is -2.28. The molecule has 6 nitrogen and oxygen atoms in total. The number of rotatable bonds is 11. The van der Waals surface area contributed by atoms with Gasteiger partial charge < -0.3 is 19.5 Å². The van der Waals surface area contributed by atoms with Crippen LogP contribution in [0.5, 0.6) is 0 Å². The minimum absolute atomic E-state index is 0.0663. The van der Waals surface area contributed by atoms with Crippen LogP contribution in [0.1, 0.15) is 16.7 Å². The molecule has 1 heterocycles. The summed E-state index contributed by atoms with van der Waals surface area (Å²) < 4.78 is 43.9. The van der Waals surface area contributed by atoms with E-state index < -0.39 is 28.4 Å². The summed E-state index contributed by atoms with van der Waals surface area (Å²) in [5.74, 6) is -1.02. The van der Waals surface area contributed by atoms with Crippen LogP contribution in [0.15, 0.2) is 54.7 Å². The van der Waals surface area contributed by atoms with Crippen molar-refractivity contribution in [3.8, 4) is 0 Å². The summed E-state index contributed by atoms with van der Waals surface area (Å²) in [6.07, 6.45) is -2.09. The number of ether oxygens (including phenoxy) is 1. The van der Waals surface area contributed by atoms with E-state index in [-0.39, 0.29) is 32.8 Å².